The van der Waals surface area contributed by atoms with Crippen LogP contribution in [0.25, 0.3) is 0 Å². The molecular weight excluding hydrogens is 250 g/mol. The molecule has 1 aliphatic rings. The molecule has 0 aromatic carbocycles. The maximum Gasteiger partial charge on any atom is 0.358 e. The lowest BCUT2D eigenvalue weighted by Crippen LogP contribution is -2.53. The topological polar surface area (TPSA) is 91.6 Å². The number of aromatic nitrogens is 3. The SMILES string of the molecule is CC1CN(C)CCN1C(=O)Cn1cc(C(=O)O)nn1. The third kappa shape index (κ3) is 3.08. The van der Waals surface area contributed by atoms with Gasteiger partial charge in [-0.1, -0.05) is 5.21 Å². The number of rotatable bonds is 3. The summed E-state index contributed by atoms with van der Waals surface area (Å²) in [6.45, 7) is 4.38. The van der Waals surface area contributed by atoms with Crippen molar-refractivity contribution in [1.29, 1.82) is 0 Å². The normalized spacial score (nSPS) is 20.5. The van der Waals surface area contributed by atoms with E-state index in [1.807, 2.05) is 14.0 Å². The zero-order chi connectivity index (χ0) is 14.0. The van der Waals surface area contributed by atoms with Gasteiger partial charge in [-0.15, -0.1) is 5.10 Å². The molecule has 1 aromatic rings. The van der Waals surface area contributed by atoms with E-state index in [0.717, 1.165) is 13.1 Å². The maximum atomic E-state index is 12.1. The molecule has 1 atom stereocenters. The van der Waals surface area contributed by atoms with Gasteiger partial charge in [-0.05, 0) is 14.0 Å². The van der Waals surface area contributed by atoms with Crippen LogP contribution in [0.15, 0.2) is 6.20 Å². The summed E-state index contributed by atoms with van der Waals surface area (Å²) in [6.07, 6.45) is 1.26. The van der Waals surface area contributed by atoms with Crippen LogP contribution in [0.2, 0.25) is 0 Å². The molecule has 0 aliphatic carbocycles. The van der Waals surface area contributed by atoms with Crippen molar-refractivity contribution in [3.63, 3.8) is 0 Å². The van der Waals surface area contributed by atoms with Crippen LogP contribution >= 0.6 is 0 Å². The van der Waals surface area contributed by atoms with Crippen molar-refractivity contribution in [1.82, 2.24) is 24.8 Å². The van der Waals surface area contributed by atoms with Crippen LogP contribution in [0.3, 0.4) is 0 Å². The zero-order valence-electron chi connectivity index (χ0n) is 11.0. The van der Waals surface area contributed by atoms with Crippen LogP contribution in [0.5, 0.6) is 0 Å². The standard InChI is InChI=1S/C11H17N5O3/c1-8-5-14(2)3-4-16(8)10(17)7-15-6-9(11(18)19)12-13-15/h6,8H,3-5,7H2,1-2H3,(H,18,19). The lowest BCUT2D eigenvalue weighted by molar-refractivity contribution is -0.136. The fourth-order valence-corrected chi connectivity index (χ4v) is 2.21. The van der Waals surface area contributed by atoms with Crippen LogP contribution in [-0.4, -0.2) is 74.5 Å². The number of carbonyl (C=O) groups is 2. The van der Waals surface area contributed by atoms with Gasteiger partial charge in [0.15, 0.2) is 5.69 Å². The first-order valence-corrected chi connectivity index (χ1v) is 6.09. The monoisotopic (exact) mass is 267 g/mol. The van der Waals surface area contributed by atoms with Gasteiger partial charge in [0.25, 0.3) is 0 Å². The average molecular weight is 267 g/mol. The fraction of sp³-hybridized carbons (Fsp3) is 0.636. The number of amides is 1. The lowest BCUT2D eigenvalue weighted by Gasteiger charge is -2.38. The van der Waals surface area contributed by atoms with Gasteiger partial charge in [0.2, 0.25) is 5.91 Å². The highest BCUT2D eigenvalue weighted by Crippen LogP contribution is 2.08. The number of likely N-dealkylation sites (N-methyl/N-ethyl adjacent to an activating group) is 1. The van der Waals surface area contributed by atoms with Gasteiger partial charge in [0.1, 0.15) is 6.54 Å². The number of nitrogens with zero attached hydrogens (tertiary/aromatic N) is 5. The number of aromatic carboxylic acids is 1. The van der Waals surface area contributed by atoms with Gasteiger partial charge in [0.05, 0.1) is 6.20 Å². The van der Waals surface area contributed by atoms with Gasteiger partial charge in [-0.2, -0.15) is 0 Å². The summed E-state index contributed by atoms with van der Waals surface area (Å²) >= 11 is 0. The van der Waals surface area contributed by atoms with Gasteiger partial charge in [0, 0.05) is 25.7 Å². The molecule has 1 saturated heterocycles. The summed E-state index contributed by atoms with van der Waals surface area (Å²) in [5.41, 5.74) is -0.153. The van der Waals surface area contributed by atoms with Crippen molar-refractivity contribution < 1.29 is 14.7 Å². The van der Waals surface area contributed by atoms with Gasteiger partial charge >= 0.3 is 5.97 Å². The Morgan fingerprint density at radius 2 is 2.21 bits per heavy atom. The summed E-state index contributed by atoms with van der Waals surface area (Å²) in [7, 11) is 2.02. The Balaban J connectivity index is 1.98. The van der Waals surface area contributed by atoms with Crippen molar-refractivity contribution in [2.24, 2.45) is 0 Å². The summed E-state index contributed by atoms with van der Waals surface area (Å²) < 4.78 is 1.26. The van der Waals surface area contributed by atoms with E-state index < -0.39 is 5.97 Å². The molecule has 1 fully saturated rings. The smallest absolute Gasteiger partial charge is 0.358 e. The summed E-state index contributed by atoms with van der Waals surface area (Å²) in [6, 6.07) is 0.147. The fourth-order valence-electron chi connectivity index (χ4n) is 2.21. The molecule has 2 rings (SSSR count). The minimum Gasteiger partial charge on any atom is -0.476 e. The molecule has 104 valence electrons. The Kier molecular flexibility index (Phi) is 3.79. The van der Waals surface area contributed by atoms with Crippen LogP contribution in [0, 0.1) is 0 Å². The van der Waals surface area contributed by atoms with E-state index in [1.54, 1.807) is 4.90 Å². The third-order valence-corrected chi connectivity index (χ3v) is 3.21. The largest absolute Gasteiger partial charge is 0.476 e. The Morgan fingerprint density at radius 3 is 2.79 bits per heavy atom. The number of carbonyl (C=O) groups excluding carboxylic acids is 1. The molecule has 0 saturated carbocycles. The first-order valence-electron chi connectivity index (χ1n) is 6.09. The highest BCUT2D eigenvalue weighted by Gasteiger charge is 2.26. The molecule has 0 spiro atoms. The average Bonchev–Trinajstić information content (AvgIpc) is 2.77. The van der Waals surface area contributed by atoms with E-state index >= 15 is 0 Å². The van der Waals surface area contributed by atoms with Crippen molar-refractivity contribution in [3.05, 3.63) is 11.9 Å². The predicted octanol–water partition coefficient (Wildman–Crippen LogP) is -0.861. The van der Waals surface area contributed by atoms with E-state index in [1.165, 1.54) is 10.9 Å². The molecule has 1 aliphatic heterocycles. The lowest BCUT2D eigenvalue weighted by atomic mass is 10.2. The molecule has 0 radical (unpaired) electrons. The number of hydrogen-bond donors (Lipinski definition) is 1. The van der Waals surface area contributed by atoms with Crippen molar-refractivity contribution in [3.8, 4) is 0 Å². The molecule has 2 heterocycles. The number of carboxylic acid groups (broad SMARTS) is 1. The highest BCUT2D eigenvalue weighted by molar-refractivity contribution is 5.84. The second-order valence-corrected chi connectivity index (χ2v) is 4.80. The number of carboxylic acids is 1. The van der Waals surface area contributed by atoms with E-state index in [-0.39, 0.29) is 24.2 Å². The molecule has 1 amide bonds. The van der Waals surface area contributed by atoms with Crippen molar-refractivity contribution in [2.75, 3.05) is 26.7 Å². The number of hydrogen-bond acceptors (Lipinski definition) is 5. The first kappa shape index (κ1) is 13.5. The molecule has 0 bridgehead atoms. The number of piperazine rings is 1. The molecule has 1 unspecified atom stereocenters. The third-order valence-electron chi connectivity index (χ3n) is 3.21. The highest BCUT2D eigenvalue weighted by atomic mass is 16.4. The second kappa shape index (κ2) is 5.35. The van der Waals surface area contributed by atoms with Gasteiger partial charge in [-0.3, -0.25) is 4.79 Å². The molecule has 8 heteroatoms. The van der Waals surface area contributed by atoms with Crippen LogP contribution in [0.4, 0.5) is 0 Å². The van der Waals surface area contributed by atoms with Gasteiger partial charge in [-0.25, -0.2) is 9.48 Å². The zero-order valence-corrected chi connectivity index (χ0v) is 11.0. The Morgan fingerprint density at radius 1 is 1.47 bits per heavy atom. The summed E-state index contributed by atoms with van der Waals surface area (Å²) in [5, 5.41) is 15.9. The van der Waals surface area contributed by atoms with E-state index in [0.29, 0.717) is 6.54 Å². The molecule has 19 heavy (non-hydrogen) atoms. The van der Waals surface area contributed by atoms with E-state index in [4.69, 9.17) is 5.11 Å². The van der Waals surface area contributed by atoms with Crippen molar-refractivity contribution in [2.45, 2.75) is 19.5 Å². The van der Waals surface area contributed by atoms with E-state index in [9.17, 15) is 9.59 Å². The molecule has 1 N–H and O–H groups in total. The van der Waals surface area contributed by atoms with Crippen LogP contribution < -0.4 is 0 Å². The van der Waals surface area contributed by atoms with Crippen LogP contribution in [-0.2, 0) is 11.3 Å². The van der Waals surface area contributed by atoms with Gasteiger partial charge < -0.3 is 14.9 Å². The summed E-state index contributed by atoms with van der Waals surface area (Å²) in [5.74, 6) is -1.21. The first-order chi connectivity index (χ1) is 8.97. The molecule has 1 aromatic heterocycles. The Labute approximate surface area is 110 Å². The Bertz CT molecular complexity index is 486. The minimum absolute atomic E-state index is 0.0222. The van der Waals surface area contributed by atoms with Crippen molar-refractivity contribution >= 4 is 11.9 Å². The Hall–Kier alpha value is -1.96. The van der Waals surface area contributed by atoms with Crippen LogP contribution in [0.1, 0.15) is 17.4 Å². The quantitative estimate of drug-likeness (QED) is 0.766. The predicted molar refractivity (Wildman–Crippen MR) is 65.7 cm³/mol. The second-order valence-electron chi connectivity index (χ2n) is 4.80. The molecule has 8 nitrogen and oxygen atoms in total. The van der Waals surface area contributed by atoms with E-state index in [2.05, 4.69) is 15.2 Å². The minimum atomic E-state index is -1.15. The summed E-state index contributed by atoms with van der Waals surface area (Å²) in [4.78, 5) is 26.8. The molecular formula is C11H17N5O3. The maximum absolute atomic E-state index is 12.1.